The number of nitrogen functional groups attached to an aromatic ring is 1. The molecule has 0 fully saturated rings. The number of methoxy groups -OCH3 is 3. The quantitative estimate of drug-likeness (QED) is 0.373. The Hall–Kier alpha value is -3.36. The zero-order valence-electron chi connectivity index (χ0n) is 13.3. The number of benzene rings is 2. The van der Waals surface area contributed by atoms with Crippen molar-refractivity contribution in [2.45, 2.75) is 0 Å². The number of rotatable bonds is 6. The Morgan fingerprint density at radius 2 is 1.50 bits per heavy atom. The summed E-state index contributed by atoms with van der Waals surface area (Å²) in [5.41, 5.74) is 6.65. The second-order valence-electron chi connectivity index (χ2n) is 4.58. The van der Waals surface area contributed by atoms with Crippen molar-refractivity contribution in [1.82, 2.24) is 0 Å². The first kappa shape index (κ1) is 17.0. The Morgan fingerprint density at radius 3 is 2.04 bits per heavy atom. The summed E-state index contributed by atoms with van der Waals surface area (Å²) in [5.74, 6) is 1.16. The van der Waals surface area contributed by atoms with Gasteiger partial charge in [-0.05, 0) is 6.07 Å². The lowest BCUT2D eigenvalue weighted by Crippen LogP contribution is -1.94. The summed E-state index contributed by atoms with van der Waals surface area (Å²) in [7, 11) is 4.38. The molecule has 2 N–H and O–H groups in total. The second-order valence-corrected chi connectivity index (χ2v) is 4.58. The van der Waals surface area contributed by atoms with Gasteiger partial charge in [0.15, 0.2) is 0 Å². The first-order valence-electron chi connectivity index (χ1n) is 6.75. The van der Waals surface area contributed by atoms with Crippen molar-refractivity contribution in [3.8, 4) is 17.2 Å². The Kier molecular flexibility index (Phi) is 5.15. The van der Waals surface area contributed by atoms with E-state index in [9.17, 15) is 10.1 Å². The molecule has 2 rings (SSSR count). The minimum atomic E-state index is -0.523. The second kappa shape index (κ2) is 7.27. The monoisotopic (exact) mass is 332 g/mol. The van der Waals surface area contributed by atoms with Gasteiger partial charge >= 0.3 is 0 Å². The molecular weight excluding hydrogens is 316 g/mol. The summed E-state index contributed by atoms with van der Waals surface area (Å²) in [6.45, 7) is 0. The number of anilines is 1. The van der Waals surface area contributed by atoms with Crippen LogP contribution in [0.5, 0.6) is 17.2 Å². The lowest BCUT2D eigenvalue weighted by molar-refractivity contribution is -0.384. The molecule has 0 radical (unpaired) electrons. The van der Waals surface area contributed by atoms with E-state index in [0.29, 0.717) is 28.6 Å². The highest BCUT2D eigenvalue weighted by molar-refractivity contribution is 5.67. The summed E-state index contributed by atoms with van der Waals surface area (Å²) in [6, 6.07) is 7.15. The lowest BCUT2D eigenvalue weighted by atomic mass is 10.2. The smallest absolute Gasteiger partial charge is 0.271 e. The molecule has 0 heterocycles. The van der Waals surface area contributed by atoms with E-state index in [1.54, 1.807) is 12.1 Å². The van der Waals surface area contributed by atoms with Crippen molar-refractivity contribution in [3.05, 3.63) is 40.4 Å². The number of hydrogen-bond acceptors (Lipinski definition) is 8. The number of azo groups is 1. The zero-order chi connectivity index (χ0) is 17.7. The molecule has 0 bridgehead atoms. The van der Waals surface area contributed by atoms with Gasteiger partial charge in [-0.2, -0.15) is 0 Å². The van der Waals surface area contributed by atoms with Gasteiger partial charge in [-0.15, -0.1) is 10.2 Å². The first-order chi connectivity index (χ1) is 11.5. The van der Waals surface area contributed by atoms with Crippen molar-refractivity contribution in [2.24, 2.45) is 10.2 Å². The molecule has 2 aromatic rings. The van der Waals surface area contributed by atoms with Crippen LogP contribution in [-0.2, 0) is 0 Å². The van der Waals surface area contributed by atoms with Crippen LogP contribution in [0.3, 0.4) is 0 Å². The number of non-ortho nitro benzene ring substituents is 1. The molecular formula is C15H16N4O5. The third-order valence-electron chi connectivity index (χ3n) is 3.17. The van der Waals surface area contributed by atoms with Gasteiger partial charge < -0.3 is 19.9 Å². The standard InChI is InChI=1S/C15H16N4O5/c1-22-13-5-4-9(19(20)21)6-11(13)17-18-12-8-14(23-2)10(16)7-15(12)24-3/h4-8H,16H2,1-3H3. The van der Waals surface area contributed by atoms with Crippen LogP contribution >= 0.6 is 0 Å². The average Bonchev–Trinajstić information content (AvgIpc) is 2.59. The summed E-state index contributed by atoms with van der Waals surface area (Å²) >= 11 is 0. The third kappa shape index (κ3) is 3.51. The third-order valence-corrected chi connectivity index (χ3v) is 3.17. The van der Waals surface area contributed by atoms with Crippen LogP contribution in [0.15, 0.2) is 40.6 Å². The number of nitro groups is 1. The largest absolute Gasteiger partial charge is 0.495 e. The molecule has 2 aromatic carbocycles. The molecule has 0 unspecified atom stereocenters. The normalized spacial score (nSPS) is 10.6. The maximum Gasteiger partial charge on any atom is 0.271 e. The van der Waals surface area contributed by atoms with E-state index >= 15 is 0 Å². The van der Waals surface area contributed by atoms with Crippen LogP contribution in [0.4, 0.5) is 22.7 Å². The number of nitrogens with two attached hydrogens (primary N) is 1. The SMILES string of the molecule is COc1cc(N=Nc2cc([N+](=O)[O-])ccc2OC)c(OC)cc1N. The van der Waals surface area contributed by atoms with Gasteiger partial charge in [0.1, 0.15) is 28.6 Å². The van der Waals surface area contributed by atoms with Gasteiger partial charge in [-0.1, -0.05) is 0 Å². The molecule has 0 aliphatic heterocycles. The van der Waals surface area contributed by atoms with E-state index in [2.05, 4.69) is 10.2 Å². The van der Waals surface area contributed by atoms with E-state index in [-0.39, 0.29) is 11.4 Å². The van der Waals surface area contributed by atoms with Gasteiger partial charge in [0.2, 0.25) is 0 Å². The van der Waals surface area contributed by atoms with Crippen molar-refractivity contribution < 1.29 is 19.1 Å². The first-order valence-corrected chi connectivity index (χ1v) is 6.75. The Morgan fingerprint density at radius 1 is 0.917 bits per heavy atom. The number of hydrogen-bond donors (Lipinski definition) is 1. The molecule has 0 amide bonds. The average molecular weight is 332 g/mol. The van der Waals surface area contributed by atoms with Crippen molar-refractivity contribution in [3.63, 3.8) is 0 Å². The Bertz CT molecular complexity index is 792. The van der Waals surface area contributed by atoms with Crippen molar-refractivity contribution in [2.75, 3.05) is 27.1 Å². The highest BCUT2D eigenvalue weighted by Gasteiger charge is 2.12. The van der Waals surface area contributed by atoms with E-state index in [0.717, 1.165) is 0 Å². The topological polar surface area (TPSA) is 122 Å². The maximum atomic E-state index is 10.9. The molecule has 0 aliphatic rings. The molecule has 0 saturated heterocycles. The zero-order valence-corrected chi connectivity index (χ0v) is 13.3. The fourth-order valence-corrected chi connectivity index (χ4v) is 1.96. The minimum absolute atomic E-state index is 0.119. The molecule has 9 nitrogen and oxygen atoms in total. The van der Waals surface area contributed by atoms with Crippen LogP contribution in [0.1, 0.15) is 0 Å². The maximum absolute atomic E-state index is 10.9. The summed E-state index contributed by atoms with van der Waals surface area (Å²) < 4.78 is 15.5. The molecule has 24 heavy (non-hydrogen) atoms. The molecule has 9 heteroatoms. The summed E-state index contributed by atoms with van der Waals surface area (Å²) in [6.07, 6.45) is 0. The van der Waals surface area contributed by atoms with Crippen LogP contribution in [0, 0.1) is 10.1 Å². The van der Waals surface area contributed by atoms with E-state index < -0.39 is 4.92 Å². The highest BCUT2D eigenvalue weighted by Crippen LogP contribution is 2.39. The van der Waals surface area contributed by atoms with Crippen molar-refractivity contribution in [1.29, 1.82) is 0 Å². The van der Waals surface area contributed by atoms with E-state index in [1.807, 2.05) is 0 Å². The highest BCUT2D eigenvalue weighted by atomic mass is 16.6. The van der Waals surface area contributed by atoms with E-state index in [4.69, 9.17) is 19.9 Å². The number of nitrogens with zero attached hydrogens (tertiary/aromatic N) is 3. The van der Waals surface area contributed by atoms with E-state index in [1.165, 1.54) is 39.5 Å². The Labute approximate surface area is 137 Å². The fraction of sp³-hybridized carbons (Fsp3) is 0.200. The van der Waals surface area contributed by atoms with Crippen LogP contribution in [0.25, 0.3) is 0 Å². The Balaban J connectivity index is 2.47. The predicted octanol–water partition coefficient (Wildman–Crippen LogP) is 3.62. The minimum Gasteiger partial charge on any atom is -0.495 e. The van der Waals surface area contributed by atoms with Crippen molar-refractivity contribution >= 4 is 22.7 Å². The number of ether oxygens (including phenoxy) is 3. The molecule has 0 saturated carbocycles. The molecule has 0 aliphatic carbocycles. The fourth-order valence-electron chi connectivity index (χ4n) is 1.96. The summed E-state index contributed by atoms with van der Waals surface area (Å²) in [4.78, 5) is 10.4. The van der Waals surface area contributed by atoms with Gasteiger partial charge in [0.05, 0.1) is 31.9 Å². The van der Waals surface area contributed by atoms with Gasteiger partial charge in [0.25, 0.3) is 5.69 Å². The summed E-state index contributed by atoms with van der Waals surface area (Å²) in [5, 5.41) is 19.0. The molecule has 0 atom stereocenters. The predicted molar refractivity (Wildman–Crippen MR) is 87.8 cm³/mol. The van der Waals surface area contributed by atoms with Crippen LogP contribution in [0.2, 0.25) is 0 Å². The van der Waals surface area contributed by atoms with Crippen LogP contribution in [-0.4, -0.2) is 26.3 Å². The molecule has 0 aromatic heterocycles. The van der Waals surface area contributed by atoms with Gasteiger partial charge in [-0.3, -0.25) is 10.1 Å². The molecule has 126 valence electrons. The number of nitro benzene ring substituents is 1. The molecule has 0 spiro atoms. The van der Waals surface area contributed by atoms with Gasteiger partial charge in [0, 0.05) is 24.3 Å². The van der Waals surface area contributed by atoms with Gasteiger partial charge in [-0.25, -0.2) is 0 Å². The van der Waals surface area contributed by atoms with Crippen LogP contribution < -0.4 is 19.9 Å². The lowest BCUT2D eigenvalue weighted by Gasteiger charge is -2.09.